The maximum absolute atomic E-state index is 13.3. The van der Waals surface area contributed by atoms with Crippen LogP contribution in [-0.2, 0) is 10.0 Å². The number of thiophene rings is 1. The number of rotatable bonds is 3. The van der Waals surface area contributed by atoms with Gasteiger partial charge >= 0.3 is 0 Å². The van der Waals surface area contributed by atoms with Gasteiger partial charge in [-0.3, -0.25) is 0 Å². The number of sulfonamides is 1. The van der Waals surface area contributed by atoms with Gasteiger partial charge in [0.1, 0.15) is 5.82 Å². The van der Waals surface area contributed by atoms with E-state index in [2.05, 4.69) is 5.10 Å². The quantitative estimate of drug-likeness (QED) is 0.840. The van der Waals surface area contributed by atoms with Gasteiger partial charge in [-0.05, 0) is 34.5 Å². The van der Waals surface area contributed by atoms with Crippen molar-refractivity contribution in [1.29, 1.82) is 0 Å². The Labute approximate surface area is 136 Å². The van der Waals surface area contributed by atoms with Crippen molar-refractivity contribution in [3.05, 3.63) is 57.0 Å². The highest BCUT2D eigenvalue weighted by molar-refractivity contribution is 7.88. The molecule has 0 N–H and O–H groups in total. The molecule has 1 aliphatic rings. The topological polar surface area (TPSA) is 49.7 Å². The summed E-state index contributed by atoms with van der Waals surface area (Å²) in [5, 5.41) is 8.03. The summed E-state index contributed by atoms with van der Waals surface area (Å²) in [5.74, 6) is -0.534. The predicted molar refractivity (Wildman–Crippen MR) is 86.3 cm³/mol. The van der Waals surface area contributed by atoms with Crippen molar-refractivity contribution in [2.45, 2.75) is 12.5 Å². The first-order valence-corrected chi connectivity index (χ1v) is 9.57. The van der Waals surface area contributed by atoms with Crippen LogP contribution in [0.3, 0.4) is 0 Å². The number of nitrogens with zero attached hydrogens (tertiary/aromatic N) is 2. The monoisotopic (exact) mass is 358 g/mol. The Morgan fingerprint density at radius 3 is 2.77 bits per heavy atom. The van der Waals surface area contributed by atoms with Gasteiger partial charge in [0.15, 0.2) is 0 Å². The summed E-state index contributed by atoms with van der Waals surface area (Å²) in [4.78, 5) is 0. The van der Waals surface area contributed by atoms with Crippen molar-refractivity contribution in [2.24, 2.45) is 5.10 Å². The Balaban J connectivity index is 2.02. The van der Waals surface area contributed by atoms with Crippen LogP contribution < -0.4 is 0 Å². The molecule has 2 aromatic rings. The van der Waals surface area contributed by atoms with Crippen molar-refractivity contribution >= 4 is 38.7 Å². The second kappa shape index (κ2) is 5.64. The standard InChI is InChI=1S/C14H12ClFN2O2S2/c1-22(19,20)18-14(9-2-3-12(16)11(15)6-9)7-13(17-18)10-4-5-21-8-10/h2-6,8,14H,7H2,1H3. The van der Waals surface area contributed by atoms with Gasteiger partial charge in [0.05, 0.1) is 23.0 Å². The maximum atomic E-state index is 13.3. The molecule has 1 aliphatic heterocycles. The maximum Gasteiger partial charge on any atom is 0.247 e. The van der Waals surface area contributed by atoms with Crippen LogP contribution in [0, 0.1) is 5.82 Å². The first-order valence-electron chi connectivity index (χ1n) is 6.40. The van der Waals surface area contributed by atoms with E-state index in [1.165, 1.54) is 29.5 Å². The van der Waals surface area contributed by atoms with Crippen LogP contribution in [-0.4, -0.2) is 24.8 Å². The van der Waals surface area contributed by atoms with Crippen molar-refractivity contribution in [2.75, 3.05) is 6.26 Å². The van der Waals surface area contributed by atoms with E-state index in [0.717, 1.165) is 16.2 Å². The van der Waals surface area contributed by atoms with Gasteiger partial charge < -0.3 is 0 Å². The number of hydrogen-bond acceptors (Lipinski definition) is 4. The van der Waals surface area contributed by atoms with E-state index in [4.69, 9.17) is 11.6 Å². The Bertz CT molecular complexity index is 835. The molecule has 0 fully saturated rings. The van der Waals surface area contributed by atoms with Crippen molar-refractivity contribution < 1.29 is 12.8 Å². The molecule has 22 heavy (non-hydrogen) atoms. The molecule has 1 unspecified atom stereocenters. The van der Waals surface area contributed by atoms with Gasteiger partial charge in [-0.1, -0.05) is 17.7 Å². The summed E-state index contributed by atoms with van der Waals surface area (Å²) in [5.41, 5.74) is 2.21. The zero-order chi connectivity index (χ0) is 15.9. The molecule has 3 rings (SSSR count). The van der Waals surface area contributed by atoms with Gasteiger partial charge in [0.25, 0.3) is 0 Å². The zero-order valence-electron chi connectivity index (χ0n) is 11.5. The number of hydrazone groups is 1. The van der Waals surface area contributed by atoms with E-state index in [9.17, 15) is 12.8 Å². The molecule has 0 saturated heterocycles. The van der Waals surface area contributed by atoms with Crippen LogP contribution in [0.15, 0.2) is 40.1 Å². The molecule has 2 heterocycles. The third-order valence-electron chi connectivity index (χ3n) is 3.40. The molecule has 0 amide bonds. The summed E-state index contributed by atoms with van der Waals surface area (Å²) in [6, 6.07) is 5.61. The fourth-order valence-corrected chi connectivity index (χ4v) is 4.12. The van der Waals surface area contributed by atoms with Crippen LogP contribution in [0.1, 0.15) is 23.6 Å². The molecule has 116 valence electrons. The second-order valence-electron chi connectivity index (χ2n) is 4.99. The molecule has 0 aliphatic carbocycles. The number of hydrogen-bond donors (Lipinski definition) is 0. The lowest BCUT2D eigenvalue weighted by Gasteiger charge is -2.21. The Morgan fingerprint density at radius 1 is 1.41 bits per heavy atom. The van der Waals surface area contributed by atoms with Crippen molar-refractivity contribution in [1.82, 2.24) is 4.41 Å². The number of benzene rings is 1. The highest BCUT2D eigenvalue weighted by Gasteiger charge is 2.34. The summed E-state index contributed by atoms with van der Waals surface area (Å²) in [7, 11) is -3.53. The van der Waals surface area contributed by atoms with Crippen LogP contribution >= 0.6 is 22.9 Å². The predicted octanol–water partition coefficient (Wildman–Crippen LogP) is 3.65. The third kappa shape index (κ3) is 2.88. The number of halogens is 2. The van der Waals surface area contributed by atoms with Gasteiger partial charge in [-0.2, -0.15) is 20.9 Å². The molecule has 0 spiro atoms. The lowest BCUT2D eigenvalue weighted by atomic mass is 10.0. The molecular weight excluding hydrogens is 347 g/mol. The van der Waals surface area contributed by atoms with E-state index in [1.54, 1.807) is 0 Å². The Kier molecular flexibility index (Phi) is 3.96. The lowest BCUT2D eigenvalue weighted by Crippen LogP contribution is -2.25. The summed E-state index contributed by atoms with van der Waals surface area (Å²) < 4.78 is 38.4. The fourth-order valence-electron chi connectivity index (χ4n) is 2.37. The Hall–Kier alpha value is -1.44. The fraction of sp³-hybridized carbons (Fsp3) is 0.214. The van der Waals surface area contributed by atoms with Crippen LogP contribution in [0.4, 0.5) is 4.39 Å². The van der Waals surface area contributed by atoms with Crippen LogP contribution in [0.5, 0.6) is 0 Å². The Morgan fingerprint density at radius 2 is 2.18 bits per heavy atom. The molecule has 0 radical (unpaired) electrons. The second-order valence-corrected chi connectivity index (χ2v) is 8.02. The van der Waals surface area contributed by atoms with Gasteiger partial charge in [-0.15, -0.1) is 0 Å². The highest BCUT2D eigenvalue weighted by Crippen LogP contribution is 2.36. The summed E-state index contributed by atoms with van der Waals surface area (Å²) in [6.45, 7) is 0. The van der Waals surface area contributed by atoms with E-state index >= 15 is 0 Å². The normalized spacial score (nSPS) is 18.6. The van der Waals surface area contributed by atoms with Gasteiger partial charge in [0, 0.05) is 12.0 Å². The van der Waals surface area contributed by atoms with Crippen LogP contribution in [0.25, 0.3) is 0 Å². The minimum absolute atomic E-state index is 0.0325. The van der Waals surface area contributed by atoms with Crippen molar-refractivity contribution in [3.63, 3.8) is 0 Å². The summed E-state index contributed by atoms with van der Waals surface area (Å²) in [6.07, 6.45) is 1.52. The first-order chi connectivity index (χ1) is 10.4. The molecule has 1 aromatic heterocycles. The van der Waals surface area contributed by atoms with E-state index in [0.29, 0.717) is 17.7 Å². The average molecular weight is 359 g/mol. The molecule has 1 aromatic carbocycles. The highest BCUT2D eigenvalue weighted by atomic mass is 35.5. The SMILES string of the molecule is CS(=O)(=O)N1N=C(c2ccsc2)CC1c1ccc(F)c(Cl)c1. The minimum Gasteiger partial charge on any atom is -0.205 e. The molecule has 0 saturated carbocycles. The largest absolute Gasteiger partial charge is 0.247 e. The van der Waals surface area contributed by atoms with Gasteiger partial charge in [0.2, 0.25) is 10.0 Å². The van der Waals surface area contributed by atoms with E-state index in [-0.39, 0.29) is 5.02 Å². The molecular formula is C14H12ClFN2O2S2. The molecule has 8 heteroatoms. The molecule has 0 bridgehead atoms. The first kappa shape index (κ1) is 15.5. The molecule has 1 atom stereocenters. The van der Waals surface area contributed by atoms with Gasteiger partial charge in [-0.25, -0.2) is 12.8 Å². The van der Waals surface area contributed by atoms with E-state index in [1.807, 2.05) is 16.8 Å². The molecule has 4 nitrogen and oxygen atoms in total. The zero-order valence-corrected chi connectivity index (χ0v) is 13.9. The minimum atomic E-state index is -3.53. The average Bonchev–Trinajstić information content (AvgIpc) is 3.08. The third-order valence-corrected chi connectivity index (χ3v) is 5.38. The van der Waals surface area contributed by atoms with Crippen molar-refractivity contribution in [3.8, 4) is 0 Å². The van der Waals surface area contributed by atoms with Crippen LogP contribution in [0.2, 0.25) is 5.02 Å². The van der Waals surface area contributed by atoms with E-state index < -0.39 is 21.9 Å². The summed E-state index contributed by atoms with van der Waals surface area (Å²) >= 11 is 7.33. The smallest absolute Gasteiger partial charge is 0.205 e. The lowest BCUT2D eigenvalue weighted by molar-refractivity contribution is 0.374.